The number of ether oxygens (including phenoxy) is 1. The molecule has 108 valence electrons. The third-order valence-corrected chi connectivity index (χ3v) is 3.51. The Morgan fingerprint density at radius 1 is 1.16 bits per heavy atom. The first-order valence-corrected chi connectivity index (χ1v) is 7.63. The van der Waals surface area contributed by atoms with Crippen molar-refractivity contribution in [1.29, 1.82) is 0 Å². The van der Waals surface area contributed by atoms with Gasteiger partial charge in [-0.25, -0.2) is 0 Å². The van der Waals surface area contributed by atoms with Crippen molar-refractivity contribution < 1.29 is 4.74 Å². The zero-order valence-corrected chi connectivity index (χ0v) is 12.7. The third-order valence-electron chi connectivity index (χ3n) is 3.51. The Morgan fingerprint density at radius 3 is 2.37 bits per heavy atom. The van der Waals surface area contributed by atoms with Gasteiger partial charge in [-0.05, 0) is 43.4 Å². The van der Waals surface area contributed by atoms with Crippen LogP contribution in [0.25, 0.3) is 0 Å². The molecule has 1 aromatic rings. The van der Waals surface area contributed by atoms with Crippen molar-refractivity contribution in [1.82, 2.24) is 0 Å². The van der Waals surface area contributed by atoms with Gasteiger partial charge in [0.05, 0.1) is 6.61 Å². The summed E-state index contributed by atoms with van der Waals surface area (Å²) in [5.74, 6) is 1.66. The lowest BCUT2D eigenvalue weighted by Gasteiger charge is -2.15. The van der Waals surface area contributed by atoms with Crippen molar-refractivity contribution in [3.05, 3.63) is 29.8 Å². The number of hydrogen-bond donors (Lipinski definition) is 1. The molecule has 2 atom stereocenters. The van der Waals surface area contributed by atoms with E-state index in [2.05, 4.69) is 38.1 Å². The molecule has 0 heterocycles. The first-order valence-electron chi connectivity index (χ1n) is 7.63. The smallest absolute Gasteiger partial charge is 0.119 e. The number of rotatable bonds is 9. The lowest BCUT2D eigenvalue weighted by atomic mass is 10.0. The molecule has 0 aromatic heterocycles. The average molecular weight is 263 g/mol. The molecule has 0 saturated heterocycles. The Bertz CT molecular complexity index is 332. The van der Waals surface area contributed by atoms with E-state index < -0.39 is 0 Å². The summed E-state index contributed by atoms with van der Waals surface area (Å²) in [7, 11) is 0. The highest BCUT2D eigenvalue weighted by atomic mass is 16.5. The SMILES string of the molecule is CCCCC(CC)COc1ccc(CC(C)N)cc1. The summed E-state index contributed by atoms with van der Waals surface area (Å²) >= 11 is 0. The van der Waals surface area contributed by atoms with Crippen molar-refractivity contribution in [3.63, 3.8) is 0 Å². The van der Waals surface area contributed by atoms with Crippen LogP contribution in [0.4, 0.5) is 0 Å². The fourth-order valence-electron chi connectivity index (χ4n) is 2.21. The van der Waals surface area contributed by atoms with Crippen LogP contribution in [0.1, 0.15) is 52.0 Å². The van der Waals surface area contributed by atoms with Crippen LogP contribution in [0.5, 0.6) is 5.75 Å². The number of benzene rings is 1. The van der Waals surface area contributed by atoms with Gasteiger partial charge in [-0.1, -0.05) is 45.2 Å². The number of nitrogens with two attached hydrogens (primary N) is 1. The van der Waals surface area contributed by atoms with Crippen LogP contribution in [-0.2, 0) is 6.42 Å². The van der Waals surface area contributed by atoms with Crippen molar-refractivity contribution in [2.24, 2.45) is 11.7 Å². The minimum Gasteiger partial charge on any atom is -0.493 e. The van der Waals surface area contributed by atoms with Gasteiger partial charge in [-0.2, -0.15) is 0 Å². The minimum absolute atomic E-state index is 0.213. The van der Waals surface area contributed by atoms with Crippen LogP contribution in [0, 0.1) is 5.92 Å². The quantitative estimate of drug-likeness (QED) is 0.725. The lowest BCUT2D eigenvalue weighted by Crippen LogP contribution is -2.17. The Labute approximate surface area is 118 Å². The van der Waals surface area contributed by atoms with Crippen LogP contribution in [0.3, 0.4) is 0 Å². The van der Waals surface area contributed by atoms with Crippen LogP contribution in [0.15, 0.2) is 24.3 Å². The van der Waals surface area contributed by atoms with Gasteiger partial charge in [0.1, 0.15) is 5.75 Å². The highest BCUT2D eigenvalue weighted by Gasteiger charge is 2.07. The molecule has 0 amide bonds. The average Bonchev–Trinajstić information content (AvgIpc) is 2.40. The monoisotopic (exact) mass is 263 g/mol. The van der Waals surface area contributed by atoms with Gasteiger partial charge in [0.25, 0.3) is 0 Å². The summed E-state index contributed by atoms with van der Waals surface area (Å²) in [6.45, 7) is 7.35. The van der Waals surface area contributed by atoms with E-state index in [1.165, 1.54) is 31.2 Å². The fourth-order valence-corrected chi connectivity index (χ4v) is 2.21. The maximum Gasteiger partial charge on any atom is 0.119 e. The normalized spacial score (nSPS) is 14.1. The summed E-state index contributed by atoms with van der Waals surface area (Å²) in [6, 6.07) is 8.57. The van der Waals surface area contributed by atoms with Crippen molar-refractivity contribution >= 4 is 0 Å². The van der Waals surface area contributed by atoms with E-state index in [1.54, 1.807) is 0 Å². The van der Waals surface area contributed by atoms with Gasteiger partial charge in [0.2, 0.25) is 0 Å². The van der Waals surface area contributed by atoms with Gasteiger partial charge < -0.3 is 10.5 Å². The van der Waals surface area contributed by atoms with Gasteiger partial charge in [0.15, 0.2) is 0 Å². The Hall–Kier alpha value is -1.02. The summed E-state index contributed by atoms with van der Waals surface area (Å²) in [5, 5.41) is 0. The van der Waals surface area contributed by atoms with Crippen LogP contribution < -0.4 is 10.5 Å². The molecule has 0 aliphatic carbocycles. The van der Waals surface area contributed by atoms with Crippen LogP contribution >= 0.6 is 0 Å². The molecule has 1 rings (SSSR count). The molecule has 2 nitrogen and oxygen atoms in total. The molecule has 2 heteroatoms. The first-order chi connectivity index (χ1) is 9.15. The molecule has 0 bridgehead atoms. The predicted octanol–water partition coefficient (Wildman–Crippen LogP) is 4.17. The zero-order chi connectivity index (χ0) is 14.1. The van der Waals surface area contributed by atoms with Gasteiger partial charge >= 0.3 is 0 Å². The molecule has 19 heavy (non-hydrogen) atoms. The van der Waals surface area contributed by atoms with Crippen molar-refractivity contribution in [2.75, 3.05) is 6.61 Å². The predicted molar refractivity (Wildman–Crippen MR) is 82.6 cm³/mol. The lowest BCUT2D eigenvalue weighted by molar-refractivity contribution is 0.233. The van der Waals surface area contributed by atoms with Crippen LogP contribution in [0.2, 0.25) is 0 Å². The van der Waals surface area contributed by atoms with Gasteiger partial charge in [-0.3, -0.25) is 0 Å². The first kappa shape index (κ1) is 16.0. The highest BCUT2D eigenvalue weighted by Crippen LogP contribution is 2.17. The molecule has 2 N–H and O–H groups in total. The van der Waals surface area contributed by atoms with E-state index >= 15 is 0 Å². The molecule has 0 fully saturated rings. The Kier molecular flexibility index (Phi) is 7.57. The second kappa shape index (κ2) is 8.98. The van der Waals surface area contributed by atoms with Crippen molar-refractivity contribution in [3.8, 4) is 5.75 Å². The molecule has 0 radical (unpaired) electrons. The molecule has 1 aromatic carbocycles. The Balaban J connectivity index is 2.39. The minimum atomic E-state index is 0.213. The van der Waals surface area contributed by atoms with Gasteiger partial charge in [-0.15, -0.1) is 0 Å². The standard InChI is InChI=1S/C17H29NO/c1-4-6-7-15(5-2)13-19-17-10-8-16(9-11-17)12-14(3)18/h8-11,14-15H,4-7,12-13,18H2,1-3H3. The summed E-state index contributed by atoms with van der Waals surface area (Å²) < 4.78 is 5.88. The second-order valence-electron chi connectivity index (χ2n) is 5.55. The Morgan fingerprint density at radius 2 is 1.84 bits per heavy atom. The van der Waals surface area contributed by atoms with E-state index in [0.717, 1.165) is 18.8 Å². The highest BCUT2D eigenvalue weighted by molar-refractivity contribution is 5.27. The maximum atomic E-state index is 5.88. The second-order valence-corrected chi connectivity index (χ2v) is 5.55. The number of unbranched alkanes of at least 4 members (excludes halogenated alkanes) is 1. The molecule has 0 saturated carbocycles. The third kappa shape index (κ3) is 6.63. The summed E-state index contributed by atoms with van der Waals surface area (Å²) in [4.78, 5) is 0. The van der Waals surface area contributed by atoms with E-state index in [0.29, 0.717) is 5.92 Å². The van der Waals surface area contributed by atoms with Gasteiger partial charge in [0, 0.05) is 6.04 Å². The number of hydrogen-bond acceptors (Lipinski definition) is 2. The fraction of sp³-hybridized carbons (Fsp3) is 0.647. The summed E-state index contributed by atoms with van der Waals surface area (Å²) in [6.07, 6.45) is 5.96. The topological polar surface area (TPSA) is 35.2 Å². The van der Waals surface area contributed by atoms with E-state index in [-0.39, 0.29) is 6.04 Å². The van der Waals surface area contributed by atoms with E-state index in [4.69, 9.17) is 10.5 Å². The molecule has 2 unspecified atom stereocenters. The largest absolute Gasteiger partial charge is 0.493 e. The molecular weight excluding hydrogens is 234 g/mol. The van der Waals surface area contributed by atoms with E-state index in [9.17, 15) is 0 Å². The van der Waals surface area contributed by atoms with E-state index in [1.807, 2.05) is 6.92 Å². The van der Waals surface area contributed by atoms with Crippen molar-refractivity contribution in [2.45, 2.75) is 58.9 Å². The molecular formula is C17H29NO. The zero-order valence-electron chi connectivity index (χ0n) is 12.7. The van der Waals surface area contributed by atoms with Crippen LogP contribution in [-0.4, -0.2) is 12.6 Å². The maximum absolute atomic E-state index is 5.88. The summed E-state index contributed by atoms with van der Waals surface area (Å²) in [5.41, 5.74) is 7.07. The molecule has 0 aliphatic heterocycles. The molecule has 0 spiro atoms. The molecule has 0 aliphatic rings.